The van der Waals surface area contributed by atoms with Crippen molar-refractivity contribution < 1.29 is 13.5 Å². The third-order valence-corrected chi connectivity index (χ3v) is 5.36. The highest BCUT2D eigenvalue weighted by Gasteiger charge is 2.25. The first-order valence-electron chi connectivity index (χ1n) is 5.69. The molecule has 0 amide bonds. The Morgan fingerprint density at radius 2 is 2.16 bits per heavy atom. The maximum absolute atomic E-state index is 12.2. The summed E-state index contributed by atoms with van der Waals surface area (Å²) in [6.45, 7) is 0.0202. The van der Waals surface area contributed by atoms with E-state index in [2.05, 4.69) is 20.7 Å². The molecule has 1 aromatic rings. The minimum atomic E-state index is -3.67. The summed E-state index contributed by atoms with van der Waals surface area (Å²) in [6, 6.07) is 4.37. The van der Waals surface area contributed by atoms with Crippen LogP contribution in [0.3, 0.4) is 0 Å². The summed E-state index contributed by atoms with van der Waals surface area (Å²) >= 11 is 9.15. The molecule has 4 nitrogen and oxygen atoms in total. The lowest BCUT2D eigenvalue weighted by atomic mass is 10.1. The van der Waals surface area contributed by atoms with Crippen LogP contribution in [0.5, 0.6) is 0 Å². The zero-order valence-corrected chi connectivity index (χ0v) is 13.0. The van der Waals surface area contributed by atoms with Gasteiger partial charge in [-0.2, -0.15) is 0 Å². The van der Waals surface area contributed by atoms with Gasteiger partial charge in [0, 0.05) is 23.0 Å². The quantitative estimate of drug-likeness (QED) is 0.804. The molecule has 2 rings (SSSR count). The van der Waals surface area contributed by atoms with Crippen LogP contribution >= 0.6 is 27.5 Å². The van der Waals surface area contributed by atoms with E-state index in [-0.39, 0.29) is 28.5 Å². The zero-order valence-electron chi connectivity index (χ0n) is 9.88. The second kappa shape index (κ2) is 5.93. The van der Waals surface area contributed by atoms with E-state index in [0.717, 1.165) is 0 Å². The maximum atomic E-state index is 12.2. The van der Waals surface area contributed by atoms with Crippen LogP contribution in [0.25, 0.3) is 0 Å². The molecule has 104 valence electrons. The minimum Gasteiger partial charge on any atom is -0.396 e. The Morgan fingerprint density at radius 1 is 1.42 bits per heavy atom. The third-order valence-electron chi connectivity index (χ3n) is 2.90. The molecule has 19 heavy (non-hydrogen) atoms. The van der Waals surface area contributed by atoms with Crippen LogP contribution in [0.1, 0.15) is 6.42 Å². The molecule has 2 atom stereocenters. The molecule has 7 heteroatoms. The van der Waals surface area contributed by atoms with E-state index in [0.29, 0.717) is 10.9 Å². The molecule has 0 heterocycles. The second-order valence-corrected chi connectivity index (χ2v) is 7.37. The summed E-state index contributed by atoms with van der Waals surface area (Å²) in [6.07, 6.45) is 4.13. The van der Waals surface area contributed by atoms with Gasteiger partial charge in [-0.05, 0) is 24.6 Å². The molecule has 0 saturated carbocycles. The van der Waals surface area contributed by atoms with Gasteiger partial charge in [0.2, 0.25) is 10.0 Å². The van der Waals surface area contributed by atoms with Crippen molar-refractivity contribution in [2.75, 3.05) is 6.61 Å². The second-order valence-electron chi connectivity index (χ2n) is 4.37. The van der Waals surface area contributed by atoms with E-state index in [1.807, 2.05) is 6.08 Å². The summed E-state index contributed by atoms with van der Waals surface area (Å²) in [7, 11) is -3.67. The summed E-state index contributed by atoms with van der Waals surface area (Å²) < 4.78 is 27.7. The Labute approximate surface area is 125 Å². The largest absolute Gasteiger partial charge is 0.396 e. The number of nitrogens with one attached hydrogen (secondary N) is 1. The monoisotopic (exact) mass is 365 g/mol. The molecule has 1 aliphatic carbocycles. The van der Waals surface area contributed by atoms with Crippen molar-refractivity contribution in [2.24, 2.45) is 5.92 Å². The lowest BCUT2D eigenvalue weighted by Gasteiger charge is -2.14. The fourth-order valence-corrected chi connectivity index (χ4v) is 4.19. The summed E-state index contributed by atoms with van der Waals surface area (Å²) in [5.74, 6) is 0.00526. The van der Waals surface area contributed by atoms with Gasteiger partial charge >= 0.3 is 0 Å². The van der Waals surface area contributed by atoms with E-state index in [1.165, 1.54) is 12.1 Å². The van der Waals surface area contributed by atoms with Crippen molar-refractivity contribution in [2.45, 2.75) is 17.4 Å². The number of benzene rings is 1. The van der Waals surface area contributed by atoms with Gasteiger partial charge in [-0.3, -0.25) is 0 Å². The van der Waals surface area contributed by atoms with Gasteiger partial charge in [0.15, 0.2) is 0 Å². The molecular formula is C12H13BrClNO3S. The van der Waals surface area contributed by atoms with Crippen molar-refractivity contribution >= 4 is 37.6 Å². The molecule has 1 aliphatic rings. The summed E-state index contributed by atoms with van der Waals surface area (Å²) in [4.78, 5) is 0.0457. The molecule has 1 aromatic carbocycles. The fraction of sp³-hybridized carbons (Fsp3) is 0.333. The molecule has 0 aromatic heterocycles. The van der Waals surface area contributed by atoms with E-state index in [1.54, 1.807) is 12.1 Å². The van der Waals surface area contributed by atoms with E-state index in [4.69, 9.17) is 16.7 Å². The lowest BCUT2D eigenvalue weighted by molar-refractivity contribution is 0.248. The number of aliphatic hydroxyl groups is 1. The number of aliphatic hydroxyl groups excluding tert-OH is 1. The van der Waals surface area contributed by atoms with E-state index < -0.39 is 10.0 Å². The van der Waals surface area contributed by atoms with Crippen LogP contribution in [0.15, 0.2) is 39.7 Å². The molecule has 0 saturated heterocycles. The average molecular weight is 367 g/mol. The average Bonchev–Trinajstić information content (AvgIpc) is 2.79. The Balaban J connectivity index is 2.20. The number of hydrogen-bond donors (Lipinski definition) is 2. The normalized spacial score (nSPS) is 22.9. The highest BCUT2D eigenvalue weighted by molar-refractivity contribution is 9.10. The number of rotatable bonds is 4. The first-order valence-corrected chi connectivity index (χ1v) is 8.34. The summed E-state index contributed by atoms with van der Waals surface area (Å²) in [5, 5.41) is 9.20. The minimum absolute atomic E-state index is 0.00526. The SMILES string of the molecule is O=S(=O)(N[C@@H]1C=C[C@H](CO)C1)c1cc(Br)ccc1Cl. The predicted octanol–water partition coefficient (Wildman–Crippen LogP) is 2.32. The van der Waals surface area contributed by atoms with Gasteiger partial charge in [0.1, 0.15) is 4.90 Å². The molecule has 0 unspecified atom stereocenters. The Kier molecular flexibility index (Phi) is 4.68. The van der Waals surface area contributed by atoms with Crippen LogP contribution in [-0.4, -0.2) is 26.2 Å². The fourth-order valence-electron chi connectivity index (χ4n) is 1.94. The van der Waals surface area contributed by atoms with Crippen molar-refractivity contribution in [1.82, 2.24) is 4.72 Å². The number of halogens is 2. The van der Waals surface area contributed by atoms with Gasteiger partial charge in [-0.25, -0.2) is 13.1 Å². The smallest absolute Gasteiger partial charge is 0.242 e. The lowest BCUT2D eigenvalue weighted by Crippen LogP contribution is -2.33. The maximum Gasteiger partial charge on any atom is 0.242 e. The highest BCUT2D eigenvalue weighted by atomic mass is 79.9. The van der Waals surface area contributed by atoms with Crippen LogP contribution in [0.4, 0.5) is 0 Å². The molecule has 0 aliphatic heterocycles. The Morgan fingerprint density at radius 3 is 2.79 bits per heavy atom. The summed E-state index contributed by atoms with van der Waals surface area (Å²) in [5.41, 5.74) is 0. The molecular weight excluding hydrogens is 354 g/mol. The predicted molar refractivity (Wildman–Crippen MR) is 77.6 cm³/mol. The number of sulfonamides is 1. The van der Waals surface area contributed by atoms with Crippen molar-refractivity contribution in [1.29, 1.82) is 0 Å². The first-order chi connectivity index (χ1) is 8.92. The van der Waals surface area contributed by atoms with Gasteiger partial charge < -0.3 is 5.11 Å². The van der Waals surface area contributed by atoms with Crippen molar-refractivity contribution in [3.63, 3.8) is 0 Å². The molecule has 0 fully saturated rings. The molecule has 0 bridgehead atoms. The van der Waals surface area contributed by atoms with Crippen molar-refractivity contribution in [3.05, 3.63) is 39.8 Å². The van der Waals surface area contributed by atoms with Gasteiger partial charge in [0.25, 0.3) is 0 Å². The standard InChI is InChI=1S/C12H13BrClNO3S/c13-9-2-4-11(14)12(6-9)19(17,18)15-10-3-1-8(5-10)7-16/h1-4,6,8,10,15-16H,5,7H2/t8-,10+/m0/s1. The van der Waals surface area contributed by atoms with E-state index >= 15 is 0 Å². The van der Waals surface area contributed by atoms with Gasteiger partial charge in [-0.15, -0.1) is 0 Å². The Bertz CT molecular complexity index is 603. The van der Waals surface area contributed by atoms with Crippen LogP contribution in [0.2, 0.25) is 5.02 Å². The molecule has 0 radical (unpaired) electrons. The third kappa shape index (κ3) is 3.58. The highest BCUT2D eigenvalue weighted by Crippen LogP contribution is 2.26. The Hall–Kier alpha value is -0.400. The first kappa shape index (κ1) is 15.0. The molecule has 2 N–H and O–H groups in total. The van der Waals surface area contributed by atoms with Crippen molar-refractivity contribution in [3.8, 4) is 0 Å². The van der Waals surface area contributed by atoms with E-state index in [9.17, 15) is 8.42 Å². The number of hydrogen-bond acceptors (Lipinski definition) is 3. The van der Waals surface area contributed by atoms with Gasteiger partial charge in [0.05, 0.1) is 5.02 Å². The topological polar surface area (TPSA) is 66.4 Å². The van der Waals surface area contributed by atoms with Crippen LogP contribution in [-0.2, 0) is 10.0 Å². The van der Waals surface area contributed by atoms with Crippen LogP contribution in [0, 0.1) is 5.92 Å². The van der Waals surface area contributed by atoms with Crippen LogP contribution < -0.4 is 4.72 Å². The molecule has 0 spiro atoms. The van der Waals surface area contributed by atoms with Gasteiger partial charge in [-0.1, -0.05) is 39.7 Å². The zero-order chi connectivity index (χ0) is 14.0.